The summed E-state index contributed by atoms with van der Waals surface area (Å²) in [5.41, 5.74) is 1.79. The Morgan fingerprint density at radius 1 is 0.857 bits per heavy atom. The summed E-state index contributed by atoms with van der Waals surface area (Å²) >= 11 is 6.01. The maximum absolute atomic E-state index is 12.5. The molecule has 5 nitrogen and oxygen atoms in total. The molecule has 0 aromatic heterocycles. The molecule has 3 rings (SSSR count). The van der Waals surface area contributed by atoms with Gasteiger partial charge in [0.05, 0.1) is 16.3 Å². The third-order valence-corrected chi connectivity index (χ3v) is 4.25. The molecule has 3 aromatic carbocycles. The molecular weight excluding hydrogens is 376 g/mol. The van der Waals surface area contributed by atoms with Gasteiger partial charge in [0.1, 0.15) is 5.75 Å². The van der Waals surface area contributed by atoms with Gasteiger partial charge in [0.25, 0.3) is 11.8 Å². The molecule has 0 aliphatic carbocycles. The number of ether oxygens (including phenoxy) is 1. The number of carbonyl (C=O) groups excluding carboxylic acids is 2. The topological polar surface area (TPSA) is 67.4 Å². The first-order chi connectivity index (χ1) is 13.6. The van der Waals surface area contributed by atoms with Crippen LogP contribution >= 0.6 is 11.6 Å². The van der Waals surface area contributed by atoms with Crippen LogP contribution in [0.5, 0.6) is 5.75 Å². The van der Waals surface area contributed by atoms with Crippen LogP contribution in [0.4, 0.5) is 5.69 Å². The number of benzene rings is 3. The normalized spacial score (nSPS) is 10.2. The lowest BCUT2D eigenvalue weighted by Gasteiger charge is -2.12. The highest BCUT2D eigenvalue weighted by Crippen LogP contribution is 2.23. The number of anilines is 1. The molecule has 0 unspecified atom stereocenters. The lowest BCUT2D eigenvalue weighted by molar-refractivity contribution is -0.118. The van der Waals surface area contributed by atoms with E-state index in [0.717, 1.165) is 5.56 Å². The highest BCUT2D eigenvalue weighted by molar-refractivity contribution is 6.32. The van der Waals surface area contributed by atoms with Gasteiger partial charge < -0.3 is 15.4 Å². The average Bonchev–Trinajstić information content (AvgIpc) is 2.72. The molecule has 6 heteroatoms. The molecule has 28 heavy (non-hydrogen) atoms. The SMILES string of the molecule is O=C(COc1ccccc1Cl)Nc1ccccc1C(=O)NCc1ccccc1. The van der Waals surface area contributed by atoms with E-state index in [1.54, 1.807) is 48.5 Å². The summed E-state index contributed by atoms with van der Waals surface area (Å²) < 4.78 is 5.43. The summed E-state index contributed by atoms with van der Waals surface area (Å²) in [6, 6.07) is 23.3. The van der Waals surface area contributed by atoms with Crippen LogP contribution in [0.1, 0.15) is 15.9 Å². The molecule has 0 saturated carbocycles. The predicted octanol–water partition coefficient (Wildman–Crippen LogP) is 4.29. The molecule has 3 aromatic rings. The third kappa shape index (κ3) is 5.34. The van der Waals surface area contributed by atoms with E-state index in [4.69, 9.17) is 16.3 Å². The van der Waals surface area contributed by atoms with Crippen molar-refractivity contribution in [3.8, 4) is 5.75 Å². The smallest absolute Gasteiger partial charge is 0.262 e. The van der Waals surface area contributed by atoms with Gasteiger partial charge in [0.15, 0.2) is 6.61 Å². The van der Waals surface area contributed by atoms with Gasteiger partial charge in [-0.2, -0.15) is 0 Å². The first-order valence-corrected chi connectivity index (χ1v) is 9.09. The standard InChI is InChI=1S/C22H19ClN2O3/c23-18-11-5-7-13-20(18)28-15-21(26)25-19-12-6-4-10-17(19)22(27)24-14-16-8-2-1-3-9-16/h1-13H,14-15H2,(H,24,27)(H,25,26). The molecule has 0 spiro atoms. The van der Waals surface area contributed by atoms with Crippen LogP contribution in [0, 0.1) is 0 Å². The predicted molar refractivity (Wildman–Crippen MR) is 110 cm³/mol. The number of halogens is 1. The van der Waals surface area contributed by atoms with Crippen LogP contribution < -0.4 is 15.4 Å². The summed E-state index contributed by atoms with van der Waals surface area (Å²) in [5.74, 6) is -0.233. The molecule has 2 N–H and O–H groups in total. The number of hydrogen-bond donors (Lipinski definition) is 2. The van der Waals surface area contributed by atoms with Crippen LogP contribution in [0.25, 0.3) is 0 Å². The molecule has 2 amide bonds. The van der Waals surface area contributed by atoms with E-state index in [1.807, 2.05) is 30.3 Å². The Balaban J connectivity index is 1.60. The zero-order valence-corrected chi connectivity index (χ0v) is 15.8. The van der Waals surface area contributed by atoms with E-state index in [0.29, 0.717) is 28.6 Å². The van der Waals surface area contributed by atoms with Crippen molar-refractivity contribution in [2.45, 2.75) is 6.54 Å². The van der Waals surface area contributed by atoms with E-state index in [9.17, 15) is 9.59 Å². The van der Waals surface area contributed by atoms with Crippen LogP contribution in [0.2, 0.25) is 5.02 Å². The number of para-hydroxylation sites is 2. The number of amides is 2. The molecule has 0 heterocycles. The third-order valence-electron chi connectivity index (χ3n) is 3.94. The zero-order valence-electron chi connectivity index (χ0n) is 15.0. The van der Waals surface area contributed by atoms with Gasteiger partial charge in [0.2, 0.25) is 0 Å². The van der Waals surface area contributed by atoms with Crippen molar-refractivity contribution in [3.63, 3.8) is 0 Å². The fraction of sp³-hybridized carbons (Fsp3) is 0.0909. The average molecular weight is 395 g/mol. The maximum atomic E-state index is 12.5. The Bertz CT molecular complexity index is 961. The molecule has 0 aliphatic heterocycles. The van der Waals surface area contributed by atoms with E-state index in [2.05, 4.69) is 10.6 Å². The molecule has 0 saturated heterocycles. The second-order valence-corrected chi connectivity index (χ2v) is 6.39. The largest absolute Gasteiger partial charge is 0.482 e. The highest BCUT2D eigenvalue weighted by Gasteiger charge is 2.13. The lowest BCUT2D eigenvalue weighted by Crippen LogP contribution is -2.26. The Hall–Kier alpha value is -3.31. The fourth-order valence-corrected chi connectivity index (χ4v) is 2.75. The second kappa shape index (κ2) is 9.58. The van der Waals surface area contributed by atoms with Gasteiger partial charge in [-0.15, -0.1) is 0 Å². The molecular formula is C22H19ClN2O3. The molecule has 0 atom stereocenters. The van der Waals surface area contributed by atoms with E-state index < -0.39 is 0 Å². The van der Waals surface area contributed by atoms with Crippen LogP contribution in [-0.2, 0) is 11.3 Å². The van der Waals surface area contributed by atoms with Crippen molar-refractivity contribution in [2.24, 2.45) is 0 Å². The van der Waals surface area contributed by atoms with Crippen LogP contribution in [0.15, 0.2) is 78.9 Å². The summed E-state index contributed by atoms with van der Waals surface area (Å²) in [7, 11) is 0. The number of nitrogens with one attached hydrogen (secondary N) is 2. The van der Waals surface area contributed by atoms with Gasteiger partial charge >= 0.3 is 0 Å². The van der Waals surface area contributed by atoms with Crippen molar-refractivity contribution in [1.29, 1.82) is 0 Å². The minimum absolute atomic E-state index is 0.219. The van der Waals surface area contributed by atoms with Crippen molar-refractivity contribution in [2.75, 3.05) is 11.9 Å². The Morgan fingerprint density at radius 2 is 1.54 bits per heavy atom. The summed E-state index contributed by atoms with van der Waals surface area (Å²) in [6.07, 6.45) is 0. The van der Waals surface area contributed by atoms with Crippen molar-refractivity contribution in [1.82, 2.24) is 5.32 Å². The lowest BCUT2D eigenvalue weighted by atomic mass is 10.1. The first kappa shape index (κ1) is 19.5. The van der Waals surface area contributed by atoms with Crippen LogP contribution in [-0.4, -0.2) is 18.4 Å². The highest BCUT2D eigenvalue weighted by atomic mass is 35.5. The summed E-state index contributed by atoms with van der Waals surface area (Å²) in [6.45, 7) is 0.182. The van der Waals surface area contributed by atoms with E-state index in [1.165, 1.54) is 0 Å². The van der Waals surface area contributed by atoms with Gasteiger partial charge in [-0.25, -0.2) is 0 Å². The molecule has 142 valence electrons. The molecule has 0 fully saturated rings. The number of carbonyl (C=O) groups is 2. The molecule has 0 aliphatic rings. The van der Waals surface area contributed by atoms with Gasteiger partial charge in [0, 0.05) is 6.54 Å². The quantitative estimate of drug-likeness (QED) is 0.628. The summed E-state index contributed by atoms with van der Waals surface area (Å²) in [4.78, 5) is 24.8. The van der Waals surface area contributed by atoms with Crippen molar-refractivity contribution in [3.05, 3.63) is 95.0 Å². The van der Waals surface area contributed by atoms with Gasteiger partial charge in [-0.3, -0.25) is 9.59 Å². The molecule has 0 bridgehead atoms. The van der Waals surface area contributed by atoms with E-state index >= 15 is 0 Å². The molecule has 0 radical (unpaired) electrons. The van der Waals surface area contributed by atoms with Gasteiger partial charge in [-0.05, 0) is 29.8 Å². The zero-order chi connectivity index (χ0) is 19.8. The Morgan fingerprint density at radius 3 is 2.32 bits per heavy atom. The van der Waals surface area contributed by atoms with Crippen LogP contribution in [0.3, 0.4) is 0 Å². The van der Waals surface area contributed by atoms with E-state index in [-0.39, 0.29) is 18.4 Å². The minimum atomic E-state index is -0.386. The van der Waals surface area contributed by atoms with Crippen molar-refractivity contribution < 1.29 is 14.3 Å². The number of rotatable bonds is 7. The van der Waals surface area contributed by atoms with Gasteiger partial charge in [-0.1, -0.05) is 66.2 Å². The maximum Gasteiger partial charge on any atom is 0.262 e. The first-order valence-electron chi connectivity index (χ1n) is 8.72. The van der Waals surface area contributed by atoms with Crippen molar-refractivity contribution >= 4 is 29.1 Å². The Kier molecular flexibility index (Phi) is 6.65. The number of hydrogen-bond acceptors (Lipinski definition) is 3. The second-order valence-electron chi connectivity index (χ2n) is 5.98. The minimum Gasteiger partial charge on any atom is -0.482 e. The summed E-state index contributed by atoms with van der Waals surface area (Å²) in [5, 5.41) is 5.99. The Labute approximate surface area is 168 Å². The fourth-order valence-electron chi connectivity index (χ4n) is 2.55. The monoisotopic (exact) mass is 394 g/mol.